The summed E-state index contributed by atoms with van der Waals surface area (Å²) in [5.41, 5.74) is 8.36. The van der Waals surface area contributed by atoms with E-state index in [1.54, 1.807) is 0 Å². The van der Waals surface area contributed by atoms with Crippen LogP contribution in [0.4, 0.5) is 0 Å². The van der Waals surface area contributed by atoms with Crippen molar-refractivity contribution in [2.75, 3.05) is 20.1 Å². The van der Waals surface area contributed by atoms with Crippen molar-refractivity contribution in [1.29, 1.82) is 0 Å². The van der Waals surface area contributed by atoms with Crippen LogP contribution in [0.25, 0.3) is 0 Å². The standard InChI is InChI=1S/C14H24N2/c1-12(8-9-15)10-16(3)11-14-7-5-4-6-13(14)2/h4-7,12H,8-11,15H2,1-3H3. The Morgan fingerprint density at radius 1 is 1.31 bits per heavy atom. The lowest BCUT2D eigenvalue weighted by Gasteiger charge is -2.21. The fraction of sp³-hybridized carbons (Fsp3) is 0.571. The van der Waals surface area contributed by atoms with Gasteiger partial charge >= 0.3 is 0 Å². The zero-order valence-electron chi connectivity index (χ0n) is 10.7. The highest BCUT2D eigenvalue weighted by atomic mass is 15.1. The Morgan fingerprint density at radius 2 is 2.00 bits per heavy atom. The molecule has 1 atom stereocenters. The molecular weight excluding hydrogens is 196 g/mol. The Balaban J connectivity index is 2.45. The number of hydrogen-bond acceptors (Lipinski definition) is 2. The molecule has 1 unspecified atom stereocenters. The third kappa shape index (κ3) is 4.33. The van der Waals surface area contributed by atoms with E-state index in [0.717, 1.165) is 26.1 Å². The van der Waals surface area contributed by atoms with Crippen molar-refractivity contribution < 1.29 is 0 Å². The Morgan fingerprint density at radius 3 is 2.62 bits per heavy atom. The second-order valence-electron chi connectivity index (χ2n) is 4.81. The van der Waals surface area contributed by atoms with Crippen LogP contribution in [0.15, 0.2) is 24.3 Å². The lowest BCUT2D eigenvalue weighted by molar-refractivity contribution is 0.272. The van der Waals surface area contributed by atoms with E-state index in [4.69, 9.17) is 5.73 Å². The number of benzene rings is 1. The number of rotatable bonds is 6. The zero-order valence-corrected chi connectivity index (χ0v) is 10.7. The van der Waals surface area contributed by atoms with Crippen LogP contribution < -0.4 is 5.73 Å². The van der Waals surface area contributed by atoms with Gasteiger partial charge in [-0.2, -0.15) is 0 Å². The molecule has 0 spiro atoms. The van der Waals surface area contributed by atoms with Gasteiger partial charge in [-0.1, -0.05) is 31.2 Å². The summed E-state index contributed by atoms with van der Waals surface area (Å²) in [6.07, 6.45) is 1.11. The summed E-state index contributed by atoms with van der Waals surface area (Å²) in [6.45, 7) is 7.38. The average molecular weight is 220 g/mol. The second-order valence-corrected chi connectivity index (χ2v) is 4.81. The number of nitrogens with two attached hydrogens (primary N) is 1. The molecule has 0 fully saturated rings. The summed E-state index contributed by atoms with van der Waals surface area (Å²) in [5, 5.41) is 0. The lowest BCUT2D eigenvalue weighted by atomic mass is 10.1. The quantitative estimate of drug-likeness (QED) is 0.797. The minimum absolute atomic E-state index is 0.680. The summed E-state index contributed by atoms with van der Waals surface area (Å²) in [5.74, 6) is 0.680. The highest BCUT2D eigenvalue weighted by Crippen LogP contribution is 2.11. The molecule has 0 aliphatic carbocycles. The summed E-state index contributed by atoms with van der Waals surface area (Å²) in [4.78, 5) is 2.38. The summed E-state index contributed by atoms with van der Waals surface area (Å²) in [6, 6.07) is 8.58. The molecule has 1 aromatic rings. The van der Waals surface area contributed by atoms with E-state index in [0.29, 0.717) is 5.92 Å². The Kier molecular flexibility index (Phi) is 5.50. The van der Waals surface area contributed by atoms with Crippen LogP contribution in [0.1, 0.15) is 24.5 Å². The first-order valence-corrected chi connectivity index (χ1v) is 6.06. The van der Waals surface area contributed by atoms with Gasteiger partial charge in [-0.05, 0) is 44.0 Å². The molecule has 2 nitrogen and oxygen atoms in total. The van der Waals surface area contributed by atoms with Gasteiger partial charge in [0, 0.05) is 13.1 Å². The molecule has 0 saturated carbocycles. The normalized spacial score (nSPS) is 13.1. The minimum Gasteiger partial charge on any atom is -0.330 e. The molecule has 2 N–H and O–H groups in total. The van der Waals surface area contributed by atoms with Gasteiger partial charge in [0.25, 0.3) is 0 Å². The smallest absolute Gasteiger partial charge is 0.0233 e. The van der Waals surface area contributed by atoms with Crippen molar-refractivity contribution in [3.63, 3.8) is 0 Å². The summed E-state index contributed by atoms with van der Waals surface area (Å²) in [7, 11) is 2.18. The fourth-order valence-corrected chi connectivity index (χ4v) is 2.05. The van der Waals surface area contributed by atoms with Crippen molar-refractivity contribution >= 4 is 0 Å². The van der Waals surface area contributed by atoms with E-state index in [2.05, 4.69) is 50.1 Å². The van der Waals surface area contributed by atoms with Crippen molar-refractivity contribution in [3.05, 3.63) is 35.4 Å². The van der Waals surface area contributed by atoms with Crippen molar-refractivity contribution in [3.8, 4) is 0 Å². The van der Waals surface area contributed by atoms with E-state index in [9.17, 15) is 0 Å². The number of nitrogens with zero attached hydrogens (tertiary/aromatic N) is 1. The van der Waals surface area contributed by atoms with E-state index < -0.39 is 0 Å². The SMILES string of the molecule is Cc1ccccc1CN(C)CC(C)CCN. The molecule has 1 aromatic carbocycles. The molecule has 0 amide bonds. The minimum atomic E-state index is 0.680. The van der Waals surface area contributed by atoms with Crippen molar-refractivity contribution in [2.24, 2.45) is 11.7 Å². The van der Waals surface area contributed by atoms with Gasteiger partial charge in [-0.15, -0.1) is 0 Å². The van der Waals surface area contributed by atoms with Gasteiger partial charge in [0.15, 0.2) is 0 Å². The predicted molar refractivity (Wildman–Crippen MR) is 70.3 cm³/mol. The van der Waals surface area contributed by atoms with Gasteiger partial charge in [-0.3, -0.25) is 0 Å². The van der Waals surface area contributed by atoms with Gasteiger partial charge < -0.3 is 10.6 Å². The van der Waals surface area contributed by atoms with E-state index in [1.807, 2.05) is 0 Å². The van der Waals surface area contributed by atoms with Gasteiger partial charge in [-0.25, -0.2) is 0 Å². The summed E-state index contributed by atoms with van der Waals surface area (Å²) < 4.78 is 0. The highest BCUT2D eigenvalue weighted by Gasteiger charge is 2.07. The molecule has 0 bridgehead atoms. The molecule has 16 heavy (non-hydrogen) atoms. The predicted octanol–water partition coefficient (Wildman–Crippen LogP) is 2.41. The Bertz CT molecular complexity index is 309. The monoisotopic (exact) mass is 220 g/mol. The van der Waals surface area contributed by atoms with Crippen LogP contribution in [-0.2, 0) is 6.54 Å². The number of aryl methyl sites for hydroxylation is 1. The average Bonchev–Trinajstić information content (AvgIpc) is 2.21. The lowest BCUT2D eigenvalue weighted by Crippen LogP contribution is -2.25. The maximum absolute atomic E-state index is 5.56. The van der Waals surface area contributed by atoms with Crippen LogP contribution in [0.3, 0.4) is 0 Å². The van der Waals surface area contributed by atoms with Crippen LogP contribution in [-0.4, -0.2) is 25.0 Å². The first-order chi connectivity index (χ1) is 7.63. The number of hydrogen-bond donors (Lipinski definition) is 1. The molecule has 2 heteroatoms. The van der Waals surface area contributed by atoms with Gasteiger partial charge in [0.2, 0.25) is 0 Å². The van der Waals surface area contributed by atoms with Crippen LogP contribution in [0.5, 0.6) is 0 Å². The molecule has 0 radical (unpaired) electrons. The first kappa shape index (κ1) is 13.2. The van der Waals surface area contributed by atoms with E-state index >= 15 is 0 Å². The van der Waals surface area contributed by atoms with E-state index in [1.165, 1.54) is 11.1 Å². The Hall–Kier alpha value is -0.860. The van der Waals surface area contributed by atoms with Crippen LogP contribution in [0, 0.1) is 12.8 Å². The largest absolute Gasteiger partial charge is 0.330 e. The molecule has 0 saturated heterocycles. The molecule has 0 aliphatic heterocycles. The third-order valence-corrected chi connectivity index (χ3v) is 2.98. The zero-order chi connectivity index (χ0) is 12.0. The molecule has 0 aromatic heterocycles. The summed E-state index contributed by atoms with van der Waals surface area (Å²) >= 11 is 0. The second kappa shape index (κ2) is 6.66. The molecular formula is C14H24N2. The topological polar surface area (TPSA) is 29.3 Å². The van der Waals surface area contributed by atoms with Crippen molar-refractivity contribution in [1.82, 2.24) is 4.90 Å². The highest BCUT2D eigenvalue weighted by molar-refractivity contribution is 5.25. The van der Waals surface area contributed by atoms with Crippen LogP contribution in [0.2, 0.25) is 0 Å². The van der Waals surface area contributed by atoms with E-state index in [-0.39, 0.29) is 0 Å². The van der Waals surface area contributed by atoms with Gasteiger partial charge in [0.05, 0.1) is 0 Å². The molecule has 0 heterocycles. The maximum Gasteiger partial charge on any atom is 0.0233 e. The molecule has 0 aliphatic rings. The van der Waals surface area contributed by atoms with Crippen LogP contribution >= 0.6 is 0 Å². The molecule has 1 rings (SSSR count). The van der Waals surface area contributed by atoms with Crippen molar-refractivity contribution in [2.45, 2.75) is 26.8 Å². The fourth-order valence-electron chi connectivity index (χ4n) is 2.05. The first-order valence-electron chi connectivity index (χ1n) is 6.06. The Labute approximate surface area is 99.5 Å². The van der Waals surface area contributed by atoms with Gasteiger partial charge in [0.1, 0.15) is 0 Å². The third-order valence-electron chi connectivity index (χ3n) is 2.98. The maximum atomic E-state index is 5.56. The molecule has 90 valence electrons.